The van der Waals surface area contributed by atoms with Crippen molar-refractivity contribution in [3.05, 3.63) is 29.3 Å². The number of hydrogen-bond donors (Lipinski definition) is 1. The molecule has 0 aliphatic carbocycles. The van der Waals surface area contributed by atoms with Crippen molar-refractivity contribution in [3.63, 3.8) is 0 Å². The maximum absolute atomic E-state index is 3.45. The normalized spacial score (nSPS) is 17.4. The van der Waals surface area contributed by atoms with Crippen LogP contribution in [0.25, 0.3) is 0 Å². The Balaban J connectivity index is 2.34. The van der Waals surface area contributed by atoms with Crippen LogP contribution in [0.4, 0.5) is 5.69 Å². The molecule has 1 aromatic rings. The Kier molecular flexibility index (Phi) is 2.23. The summed E-state index contributed by atoms with van der Waals surface area (Å²) in [5.74, 6) is 0. The fourth-order valence-electron chi connectivity index (χ4n) is 1.74. The molecule has 0 saturated carbocycles. The number of benzene rings is 1. The quantitative estimate of drug-likeness (QED) is 0.649. The van der Waals surface area contributed by atoms with E-state index in [1.165, 1.54) is 16.8 Å². The van der Waals surface area contributed by atoms with Crippen molar-refractivity contribution in [2.75, 3.05) is 25.5 Å². The van der Waals surface area contributed by atoms with Gasteiger partial charge in [0.05, 0.1) is 0 Å². The monoisotopic (exact) mass is 176 g/mol. The molecule has 1 aromatic carbocycles. The summed E-state index contributed by atoms with van der Waals surface area (Å²) in [4.78, 5) is 2.34. The van der Waals surface area contributed by atoms with E-state index in [1.54, 1.807) is 0 Å². The molecule has 0 atom stereocenters. The van der Waals surface area contributed by atoms with E-state index in [2.05, 4.69) is 42.4 Å². The van der Waals surface area contributed by atoms with E-state index in [-0.39, 0.29) is 0 Å². The van der Waals surface area contributed by atoms with Gasteiger partial charge in [-0.2, -0.15) is 0 Å². The zero-order chi connectivity index (χ0) is 9.26. The second-order valence-corrected chi connectivity index (χ2v) is 3.83. The van der Waals surface area contributed by atoms with Crippen LogP contribution >= 0.6 is 0 Å². The number of fused-ring (bicyclic) bond motifs is 1. The fourth-order valence-corrected chi connectivity index (χ4v) is 1.74. The van der Waals surface area contributed by atoms with Gasteiger partial charge in [-0.3, -0.25) is 0 Å². The second kappa shape index (κ2) is 3.38. The molecule has 0 spiro atoms. The molecule has 0 aromatic heterocycles. The first-order valence-electron chi connectivity index (χ1n) is 4.77. The van der Waals surface area contributed by atoms with Crippen LogP contribution in [0.5, 0.6) is 0 Å². The Hall–Kier alpha value is -1.02. The molecule has 0 saturated heterocycles. The first kappa shape index (κ1) is 8.57. The van der Waals surface area contributed by atoms with E-state index in [9.17, 15) is 0 Å². The summed E-state index contributed by atoms with van der Waals surface area (Å²) in [5.41, 5.74) is 4.05. The van der Waals surface area contributed by atoms with E-state index >= 15 is 0 Å². The molecule has 0 fully saturated rings. The fraction of sp³-hybridized carbons (Fsp3) is 0.455. The Morgan fingerprint density at radius 2 is 2.23 bits per heavy atom. The summed E-state index contributed by atoms with van der Waals surface area (Å²) in [5, 5.41) is 3.45. The van der Waals surface area contributed by atoms with Crippen molar-refractivity contribution in [3.8, 4) is 0 Å². The lowest BCUT2D eigenvalue weighted by atomic mass is 10.1. The maximum Gasteiger partial charge on any atom is 0.0388 e. The van der Waals surface area contributed by atoms with Gasteiger partial charge in [-0.1, -0.05) is 12.1 Å². The average molecular weight is 176 g/mol. The van der Waals surface area contributed by atoms with Crippen molar-refractivity contribution in [2.45, 2.75) is 13.5 Å². The van der Waals surface area contributed by atoms with Gasteiger partial charge in [-0.05, 0) is 31.2 Å². The highest BCUT2D eigenvalue weighted by Gasteiger charge is 2.09. The van der Waals surface area contributed by atoms with Crippen LogP contribution in [0.2, 0.25) is 0 Å². The highest BCUT2D eigenvalue weighted by Crippen LogP contribution is 2.20. The molecule has 1 N–H and O–H groups in total. The molecular weight excluding hydrogens is 160 g/mol. The SMILES string of the molecule is Cc1ccc2c(c1)NCCN(C)C2. The molecule has 0 bridgehead atoms. The first-order chi connectivity index (χ1) is 6.25. The van der Waals surface area contributed by atoms with Crippen LogP contribution in [0.15, 0.2) is 18.2 Å². The molecule has 0 amide bonds. The maximum atomic E-state index is 3.45. The van der Waals surface area contributed by atoms with E-state index in [0.29, 0.717) is 0 Å². The lowest BCUT2D eigenvalue weighted by molar-refractivity contribution is 0.346. The van der Waals surface area contributed by atoms with E-state index < -0.39 is 0 Å². The number of anilines is 1. The van der Waals surface area contributed by atoms with Gasteiger partial charge in [-0.15, -0.1) is 0 Å². The zero-order valence-electron chi connectivity index (χ0n) is 8.30. The van der Waals surface area contributed by atoms with Gasteiger partial charge in [0.1, 0.15) is 0 Å². The predicted octanol–water partition coefficient (Wildman–Crippen LogP) is 1.85. The molecule has 0 unspecified atom stereocenters. The van der Waals surface area contributed by atoms with Crippen LogP contribution in [-0.4, -0.2) is 25.0 Å². The largest absolute Gasteiger partial charge is 0.383 e. The lowest BCUT2D eigenvalue weighted by Gasteiger charge is -2.12. The van der Waals surface area contributed by atoms with Gasteiger partial charge >= 0.3 is 0 Å². The van der Waals surface area contributed by atoms with Crippen molar-refractivity contribution in [1.29, 1.82) is 0 Å². The Morgan fingerprint density at radius 1 is 1.38 bits per heavy atom. The van der Waals surface area contributed by atoms with Crippen LogP contribution in [-0.2, 0) is 6.54 Å². The van der Waals surface area contributed by atoms with E-state index in [1.807, 2.05) is 0 Å². The topological polar surface area (TPSA) is 15.3 Å². The summed E-state index contributed by atoms with van der Waals surface area (Å²) >= 11 is 0. The van der Waals surface area contributed by atoms with Crippen molar-refractivity contribution in [1.82, 2.24) is 4.90 Å². The third-order valence-corrected chi connectivity index (χ3v) is 2.51. The molecule has 1 aliphatic heterocycles. The van der Waals surface area contributed by atoms with Gasteiger partial charge in [0, 0.05) is 25.3 Å². The summed E-state index contributed by atoms with van der Waals surface area (Å²) in [6.07, 6.45) is 0. The van der Waals surface area contributed by atoms with Crippen LogP contribution in [0.3, 0.4) is 0 Å². The van der Waals surface area contributed by atoms with Gasteiger partial charge in [-0.25, -0.2) is 0 Å². The van der Waals surface area contributed by atoms with Crippen molar-refractivity contribution >= 4 is 5.69 Å². The Bertz CT molecular complexity index is 307. The van der Waals surface area contributed by atoms with Crippen LogP contribution in [0.1, 0.15) is 11.1 Å². The molecule has 1 heterocycles. The first-order valence-corrected chi connectivity index (χ1v) is 4.77. The number of likely N-dealkylation sites (N-methyl/N-ethyl adjacent to an activating group) is 1. The van der Waals surface area contributed by atoms with Gasteiger partial charge < -0.3 is 10.2 Å². The number of hydrogen-bond acceptors (Lipinski definition) is 2. The number of nitrogens with one attached hydrogen (secondary N) is 1. The highest BCUT2D eigenvalue weighted by atomic mass is 15.1. The lowest BCUT2D eigenvalue weighted by Crippen LogP contribution is -2.20. The summed E-state index contributed by atoms with van der Waals surface area (Å²) in [7, 11) is 2.16. The zero-order valence-corrected chi connectivity index (χ0v) is 8.30. The van der Waals surface area contributed by atoms with Crippen molar-refractivity contribution in [2.24, 2.45) is 0 Å². The standard InChI is InChI=1S/C11H16N2/c1-9-3-4-10-8-13(2)6-5-12-11(10)7-9/h3-4,7,12H,5-6,8H2,1-2H3. The second-order valence-electron chi connectivity index (χ2n) is 3.83. The van der Waals surface area contributed by atoms with Gasteiger partial charge in [0.15, 0.2) is 0 Å². The van der Waals surface area contributed by atoms with E-state index in [4.69, 9.17) is 0 Å². The molecule has 70 valence electrons. The molecular formula is C11H16N2. The molecule has 0 radical (unpaired) electrons. The predicted molar refractivity (Wildman–Crippen MR) is 56.0 cm³/mol. The number of nitrogens with zero attached hydrogens (tertiary/aromatic N) is 1. The highest BCUT2D eigenvalue weighted by molar-refractivity contribution is 5.53. The molecule has 2 rings (SSSR count). The minimum Gasteiger partial charge on any atom is -0.383 e. The molecule has 1 aliphatic rings. The number of aryl methyl sites for hydroxylation is 1. The molecule has 13 heavy (non-hydrogen) atoms. The third kappa shape index (κ3) is 1.83. The third-order valence-electron chi connectivity index (χ3n) is 2.51. The van der Waals surface area contributed by atoms with Crippen LogP contribution in [0, 0.1) is 6.92 Å². The van der Waals surface area contributed by atoms with Gasteiger partial charge in [0.25, 0.3) is 0 Å². The van der Waals surface area contributed by atoms with Crippen LogP contribution < -0.4 is 5.32 Å². The Labute approximate surface area is 79.6 Å². The summed E-state index contributed by atoms with van der Waals surface area (Å²) in [6.45, 7) is 5.36. The van der Waals surface area contributed by atoms with Crippen molar-refractivity contribution < 1.29 is 0 Å². The summed E-state index contributed by atoms with van der Waals surface area (Å²) in [6, 6.07) is 6.63. The molecule has 2 nitrogen and oxygen atoms in total. The minimum absolute atomic E-state index is 1.05. The Morgan fingerprint density at radius 3 is 3.08 bits per heavy atom. The van der Waals surface area contributed by atoms with E-state index in [0.717, 1.165) is 19.6 Å². The minimum atomic E-state index is 1.05. The van der Waals surface area contributed by atoms with Gasteiger partial charge in [0.2, 0.25) is 0 Å². The summed E-state index contributed by atoms with van der Waals surface area (Å²) < 4.78 is 0. The molecule has 2 heteroatoms. The average Bonchev–Trinajstić information content (AvgIpc) is 2.25. The smallest absolute Gasteiger partial charge is 0.0388 e. The number of rotatable bonds is 0.